The number of rotatable bonds is 5. The first-order valence-corrected chi connectivity index (χ1v) is 9.15. The maximum Gasteiger partial charge on any atom is 0.330 e. The fourth-order valence-corrected chi connectivity index (χ4v) is 3.49. The van der Waals surface area contributed by atoms with Crippen LogP contribution < -0.4 is 15.5 Å². The third-order valence-electron chi connectivity index (χ3n) is 4.97. The molecule has 2 heterocycles. The van der Waals surface area contributed by atoms with Gasteiger partial charge in [0.25, 0.3) is 5.69 Å². The number of methoxy groups -OCH3 is 1. The Morgan fingerprint density at radius 1 is 1.28 bits per heavy atom. The molecule has 1 aliphatic heterocycles. The van der Waals surface area contributed by atoms with Gasteiger partial charge in [-0.1, -0.05) is 6.07 Å². The number of nitrogens with two attached hydrogens (primary N) is 1. The molecule has 0 spiro atoms. The third kappa shape index (κ3) is 4.15. The molecule has 1 saturated heterocycles. The Balaban J connectivity index is 1.78. The molecule has 1 aromatic heterocycles. The number of ether oxygens (including phenoxy) is 1. The Labute approximate surface area is 168 Å². The SMILES string of the molecule is COC(=O)/C=C/c1ccc(N2CCN(c3c(N)c(C)nn3C)CC2)c([N+](=O)[O-])c1. The molecular formula is C19H24N6O4. The van der Waals surface area contributed by atoms with Gasteiger partial charge in [0.1, 0.15) is 5.69 Å². The Kier molecular flexibility index (Phi) is 5.71. The zero-order chi connectivity index (χ0) is 21.1. The highest BCUT2D eigenvalue weighted by molar-refractivity contribution is 5.87. The molecule has 0 radical (unpaired) electrons. The van der Waals surface area contributed by atoms with Gasteiger partial charge < -0.3 is 20.3 Å². The van der Waals surface area contributed by atoms with Gasteiger partial charge in [0, 0.05) is 45.4 Å². The standard InChI is InChI=1S/C19H24N6O4/c1-13-18(20)19(22(2)21-13)24-10-8-23(9-11-24)15-6-4-14(5-7-17(26)29-3)12-16(15)25(27)28/h4-7,12H,8-11,20H2,1-3H3/b7-5+. The maximum absolute atomic E-state index is 11.6. The number of nitrogen functional groups attached to an aromatic ring is 1. The molecule has 3 rings (SSSR count). The number of aryl methyl sites for hydroxylation is 2. The van der Waals surface area contributed by atoms with Gasteiger partial charge in [0.05, 0.1) is 23.4 Å². The van der Waals surface area contributed by atoms with Crippen LogP contribution in [-0.2, 0) is 16.6 Å². The number of anilines is 3. The number of benzene rings is 1. The highest BCUT2D eigenvalue weighted by atomic mass is 16.6. The van der Waals surface area contributed by atoms with Crippen molar-refractivity contribution in [2.75, 3.05) is 48.8 Å². The molecule has 154 valence electrons. The number of carbonyl (C=O) groups excluding carboxylic acids is 1. The van der Waals surface area contributed by atoms with E-state index in [1.54, 1.807) is 16.8 Å². The van der Waals surface area contributed by atoms with E-state index in [0.29, 0.717) is 43.1 Å². The van der Waals surface area contributed by atoms with Crippen LogP contribution in [0.15, 0.2) is 24.3 Å². The summed E-state index contributed by atoms with van der Waals surface area (Å²) in [6.07, 6.45) is 2.73. The lowest BCUT2D eigenvalue weighted by Crippen LogP contribution is -2.47. The molecule has 1 aliphatic rings. The molecule has 1 fully saturated rings. The van der Waals surface area contributed by atoms with E-state index in [4.69, 9.17) is 5.73 Å². The summed E-state index contributed by atoms with van der Waals surface area (Å²) < 4.78 is 6.31. The summed E-state index contributed by atoms with van der Waals surface area (Å²) in [5, 5.41) is 16.0. The van der Waals surface area contributed by atoms with Crippen LogP contribution in [0.5, 0.6) is 0 Å². The van der Waals surface area contributed by atoms with Crippen molar-refractivity contribution in [3.8, 4) is 0 Å². The first kappa shape index (κ1) is 20.2. The second kappa shape index (κ2) is 8.21. The Morgan fingerprint density at radius 3 is 2.48 bits per heavy atom. The van der Waals surface area contributed by atoms with Crippen molar-refractivity contribution >= 4 is 34.9 Å². The van der Waals surface area contributed by atoms with Crippen molar-refractivity contribution in [2.24, 2.45) is 7.05 Å². The number of nitro benzene ring substituents is 1. The van der Waals surface area contributed by atoms with E-state index in [9.17, 15) is 14.9 Å². The van der Waals surface area contributed by atoms with Crippen molar-refractivity contribution < 1.29 is 14.5 Å². The molecule has 0 aliphatic carbocycles. The summed E-state index contributed by atoms with van der Waals surface area (Å²) in [5.74, 6) is 0.359. The normalized spacial score (nSPS) is 14.4. The number of carbonyl (C=O) groups is 1. The van der Waals surface area contributed by atoms with E-state index in [1.807, 2.05) is 18.9 Å². The van der Waals surface area contributed by atoms with E-state index in [2.05, 4.69) is 14.7 Å². The molecular weight excluding hydrogens is 376 g/mol. The van der Waals surface area contributed by atoms with Crippen molar-refractivity contribution in [3.63, 3.8) is 0 Å². The van der Waals surface area contributed by atoms with Crippen molar-refractivity contribution in [3.05, 3.63) is 45.6 Å². The van der Waals surface area contributed by atoms with Gasteiger partial charge in [-0.3, -0.25) is 14.8 Å². The zero-order valence-electron chi connectivity index (χ0n) is 16.7. The van der Waals surface area contributed by atoms with Crippen LogP contribution >= 0.6 is 0 Å². The fourth-order valence-electron chi connectivity index (χ4n) is 3.49. The van der Waals surface area contributed by atoms with Gasteiger partial charge >= 0.3 is 5.97 Å². The quantitative estimate of drug-likeness (QED) is 0.349. The Bertz CT molecular complexity index is 960. The number of aromatic nitrogens is 2. The predicted octanol–water partition coefficient (Wildman–Crippen LogP) is 1.73. The van der Waals surface area contributed by atoms with Gasteiger partial charge in [-0.25, -0.2) is 4.79 Å². The highest BCUT2D eigenvalue weighted by Gasteiger charge is 2.26. The average molecular weight is 400 g/mol. The Morgan fingerprint density at radius 2 is 1.93 bits per heavy atom. The van der Waals surface area contributed by atoms with Crippen LogP contribution in [0.25, 0.3) is 6.08 Å². The van der Waals surface area contributed by atoms with Crippen LogP contribution in [0.4, 0.5) is 22.9 Å². The molecule has 1 aromatic carbocycles. The van der Waals surface area contributed by atoms with Crippen LogP contribution in [0.2, 0.25) is 0 Å². The topological polar surface area (TPSA) is 120 Å². The van der Waals surface area contributed by atoms with E-state index < -0.39 is 10.9 Å². The first-order chi connectivity index (χ1) is 13.8. The summed E-state index contributed by atoms with van der Waals surface area (Å²) in [6, 6.07) is 4.92. The summed E-state index contributed by atoms with van der Waals surface area (Å²) >= 11 is 0. The molecule has 0 atom stereocenters. The summed E-state index contributed by atoms with van der Waals surface area (Å²) in [7, 11) is 3.13. The van der Waals surface area contributed by atoms with E-state index in [1.165, 1.54) is 25.3 Å². The largest absolute Gasteiger partial charge is 0.466 e. The van der Waals surface area contributed by atoms with Crippen molar-refractivity contribution in [1.82, 2.24) is 9.78 Å². The van der Waals surface area contributed by atoms with Gasteiger partial charge in [0.2, 0.25) is 0 Å². The maximum atomic E-state index is 11.6. The second-order valence-corrected chi connectivity index (χ2v) is 6.78. The lowest BCUT2D eigenvalue weighted by Gasteiger charge is -2.37. The molecule has 10 nitrogen and oxygen atoms in total. The smallest absolute Gasteiger partial charge is 0.330 e. The molecule has 0 saturated carbocycles. The molecule has 0 unspecified atom stereocenters. The minimum absolute atomic E-state index is 0.00126. The van der Waals surface area contributed by atoms with Gasteiger partial charge in [0.15, 0.2) is 5.82 Å². The zero-order valence-corrected chi connectivity index (χ0v) is 16.7. The Hall–Kier alpha value is -3.56. The minimum atomic E-state index is -0.516. The van der Waals surface area contributed by atoms with Gasteiger partial charge in [-0.05, 0) is 24.6 Å². The number of piperazine rings is 1. The second-order valence-electron chi connectivity index (χ2n) is 6.78. The summed E-state index contributed by atoms with van der Waals surface area (Å²) in [6.45, 7) is 4.44. The monoisotopic (exact) mass is 400 g/mol. The van der Waals surface area contributed by atoms with Crippen LogP contribution in [0.3, 0.4) is 0 Å². The van der Waals surface area contributed by atoms with E-state index >= 15 is 0 Å². The van der Waals surface area contributed by atoms with Crippen LogP contribution in [0, 0.1) is 17.0 Å². The number of hydrogen-bond donors (Lipinski definition) is 1. The molecule has 29 heavy (non-hydrogen) atoms. The van der Waals surface area contributed by atoms with E-state index in [0.717, 1.165) is 11.5 Å². The molecule has 2 aromatic rings. The molecule has 2 N–H and O–H groups in total. The van der Waals surface area contributed by atoms with Crippen molar-refractivity contribution in [1.29, 1.82) is 0 Å². The third-order valence-corrected chi connectivity index (χ3v) is 4.97. The lowest BCUT2D eigenvalue weighted by atomic mass is 10.1. The number of nitro groups is 1. The van der Waals surface area contributed by atoms with E-state index in [-0.39, 0.29) is 5.69 Å². The minimum Gasteiger partial charge on any atom is -0.466 e. The highest BCUT2D eigenvalue weighted by Crippen LogP contribution is 2.32. The number of esters is 1. The first-order valence-electron chi connectivity index (χ1n) is 9.15. The fraction of sp³-hybridized carbons (Fsp3) is 0.368. The van der Waals surface area contributed by atoms with Crippen LogP contribution in [0.1, 0.15) is 11.3 Å². The molecule has 10 heteroatoms. The van der Waals surface area contributed by atoms with Gasteiger partial charge in [-0.15, -0.1) is 0 Å². The average Bonchev–Trinajstić information content (AvgIpc) is 2.97. The summed E-state index contributed by atoms with van der Waals surface area (Å²) in [4.78, 5) is 26.6. The number of hydrogen-bond acceptors (Lipinski definition) is 8. The predicted molar refractivity (Wildman–Crippen MR) is 111 cm³/mol. The summed E-state index contributed by atoms with van der Waals surface area (Å²) in [5.41, 5.74) is 8.72. The van der Waals surface area contributed by atoms with Crippen molar-refractivity contribution in [2.45, 2.75) is 6.92 Å². The molecule has 0 bridgehead atoms. The molecule has 0 amide bonds. The lowest BCUT2D eigenvalue weighted by molar-refractivity contribution is -0.384. The van der Waals surface area contributed by atoms with Crippen LogP contribution in [-0.4, -0.2) is 54.0 Å². The van der Waals surface area contributed by atoms with Gasteiger partial charge in [-0.2, -0.15) is 5.10 Å². The number of nitrogens with zero attached hydrogens (tertiary/aromatic N) is 5.